The van der Waals surface area contributed by atoms with Crippen LogP contribution in [-0.2, 0) is 10.0 Å². The van der Waals surface area contributed by atoms with Gasteiger partial charge < -0.3 is 25.4 Å². The standard InChI is InChI=1S/C33H35FN4O6S/c1-21-18-38(22(2)20-39)32(40)28-17-25(35-33(41)36-29-10-6-8-23-7-4-5-9-27(23)29)13-16-30(28)44-31(21)19-37(3)45(42,43)26-14-11-24(34)12-15-26/h4-17,21-22,31,39H,18-20H2,1-3H3,(H2,35,36,41)/t21-,22-,31-/m0/s1. The van der Waals surface area contributed by atoms with Crippen molar-refractivity contribution in [3.8, 4) is 5.75 Å². The summed E-state index contributed by atoms with van der Waals surface area (Å²) in [5, 5.41) is 17.4. The highest BCUT2D eigenvalue weighted by Gasteiger charge is 2.35. The van der Waals surface area contributed by atoms with Crippen molar-refractivity contribution in [3.63, 3.8) is 0 Å². The van der Waals surface area contributed by atoms with Gasteiger partial charge in [-0.05, 0) is 60.8 Å². The number of aliphatic hydroxyl groups excluding tert-OH is 1. The average Bonchev–Trinajstić information content (AvgIpc) is 3.03. The zero-order chi connectivity index (χ0) is 32.3. The fraction of sp³-hybridized carbons (Fsp3) is 0.273. The molecule has 1 aliphatic heterocycles. The van der Waals surface area contributed by atoms with Crippen molar-refractivity contribution in [2.75, 3.05) is 37.4 Å². The van der Waals surface area contributed by atoms with Crippen LogP contribution in [0.2, 0.25) is 0 Å². The van der Waals surface area contributed by atoms with Crippen molar-refractivity contribution in [2.45, 2.75) is 30.9 Å². The Morgan fingerprint density at radius 3 is 2.51 bits per heavy atom. The predicted molar refractivity (Wildman–Crippen MR) is 170 cm³/mol. The molecule has 0 unspecified atom stereocenters. The van der Waals surface area contributed by atoms with Gasteiger partial charge in [0.15, 0.2) is 0 Å². The second-order valence-electron chi connectivity index (χ2n) is 11.2. The molecule has 4 aromatic carbocycles. The number of rotatable bonds is 8. The molecule has 0 saturated carbocycles. The van der Waals surface area contributed by atoms with Gasteiger partial charge in [-0.25, -0.2) is 17.6 Å². The van der Waals surface area contributed by atoms with Crippen molar-refractivity contribution < 1.29 is 32.2 Å². The Labute approximate surface area is 261 Å². The van der Waals surface area contributed by atoms with Crippen molar-refractivity contribution >= 4 is 44.1 Å². The minimum atomic E-state index is -3.97. The molecule has 1 heterocycles. The molecule has 4 aromatic rings. The number of ether oxygens (including phenoxy) is 1. The van der Waals surface area contributed by atoms with Crippen LogP contribution in [0.15, 0.2) is 89.8 Å². The SMILES string of the molecule is C[C@H]1CN([C@@H](C)CO)C(=O)c2cc(NC(=O)Nc3cccc4ccccc34)ccc2O[C@H]1CN(C)S(=O)(=O)c1ccc(F)cc1. The van der Waals surface area contributed by atoms with E-state index in [0.717, 1.165) is 27.2 Å². The number of nitrogens with zero attached hydrogens (tertiary/aromatic N) is 2. The second-order valence-corrected chi connectivity index (χ2v) is 13.2. The summed E-state index contributed by atoms with van der Waals surface area (Å²) in [7, 11) is -2.56. The molecule has 45 heavy (non-hydrogen) atoms. The molecular formula is C33H35FN4O6S. The molecule has 0 bridgehead atoms. The van der Waals surface area contributed by atoms with Crippen LogP contribution in [0.3, 0.4) is 0 Å². The highest BCUT2D eigenvalue weighted by atomic mass is 32.2. The number of benzene rings is 4. The predicted octanol–water partition coefficient (Wildman–Crippen LogP) is 5.16. The van der Waals surface area contributed by atoms with E-state index in [1.165, 1.54) is 30.1 Å². The van der Waals surface area contributed by atoms with Gasteiger partial charge in [0.25, 0.3) is 5.91 Å². The Morgan fingerprint density at radius 1 is 1.07 bits per heavy atom. The summed E-state index contributed by atoms with van der Waals surface area (Å²) in [5.74, 6) is -1.08. The summed E-state index contributed by atoms with van der Waals surface area (Å²) < 4.78 is 47.4. The van der Waals surface area contributed by atoms with E-state index in [9.17, 15) is 27.5 Å². The summed E-state index contributed by atoms with van der Waals surface area (Å²) in [4.78, 5) is 28.2. The van der Waals surface area contributed by atoms with Gasteiger partial charge in [0.1, 0.15) is 17.7 Å². The normalized spacial score (nSPS) is 17.6. The molecule has 0 aliphatic carbocycles. The lowest BCUT2D eigenvalue weighted by molar-refractivity contribution is 0.0387. The number of carbonyl (C=O) groups is 2. The van der Waals surface area contributed by atoms with Crippen LogP contribution < -0.4 is 15.4 Å². The maximum atomic E-state index is 13.8. The quantitative estimate of drug-likeness (QED) is 0.246. The van der Waals surface area contributed by atoms with Gasteiger partial charge in [-0.1, -0.05) is 43.3 Å². The lowest BCUT2D eigenvalue weighted by Crippen LogP contribution is -2.50. The molecule has 236 valence electrons. The molecule has 0 radical (unpaired) electrons. The van der Waals surface area contributed by atoms with Crippen LogP contribution in [0.1, 0.15) is 24.2 Å². The largest absolute Gasteiger partial charge is 0.488 e. The van der Waals surface area contributed by atoms with E-state index in [0.29, 0.717) is 11.4 Å². The number of halogens is 1. The summed E-state index contributed by atoms with van der Waals surface area (Å²) in [6.45, 7) is 3.37. The molecule has 0 spiro atoms. The summed E-state index contributed by atoms with van der Waals surface area (Å²) in [6, 6.07) is 21.4. The fourth-order valence-corrected chi connectivity index (χ4v) is 6.46. The number of aliphatic hydroxyl groups is 1. The van der Waals surface area contributed by atoms with Crippen LogP contribution in [0.5, 0.6) is 5.75 Å². The van der Waals surface area contributed by atoms with E-state index in [-0.39, 0.29) is 41.8 Å². The molecule has 0 fully saturated rings. The molecule has 0 aromatic heterocycles. The number of sulfonamides is 1. The third-order valence-electron chi connectivity index (χ3n) is 7.92. The van der Waals surface area contributed by atoms with E-state index in [4.69, 9.17) is 4.74 Å². The van der Waals surface area contributed by atoms with Crippen molar-refractivity contribution in [2.24, 2.45) is 5.92 Å². The third-order valence-corrected chi connectivity index (χ3v) is 9.76. The minimum absolute atomic E-state index is 0.0616. The highest BCUT2D eigenvalue weighted by molar-refractivity contribution is 7.89. The van der Waals surface area contributed by atoms with E-state index in [2.05, 4.69) is 10.6 Å². The Bertz CT molecular complexity index is 1810. The average molecular weight is 635 g/mol. The third kappa shape index (κ3) is 6.93. The van der Waals surface area contributed by atoms with Crippen molar-refractivity contribution in [3.05, 3.63) is 96.3 Å². The number of fused-ring (bicyclic) bond motifs is 2. The molecule has 5 rings (SSSR count). The highest BCUT2D eigenvalue weighted by Crippen LogP contribution is 2.31. The van der Waals surface area contributed by atoms with Crippen LogP contribution in [-0.4, -0.2) is 73.6 Å². The zero-order valence-electron chi connectivity index (χ0n) is 25.1. The summed E-state index contributed by atoms with van der Waals surface area (Å²) in [6.07, 6.45) is -0.695. The Kier molecular flexibility index (Phi) is 9.37. The number of hydrogen-bond donors (Lipinski definition) is 3. The van der Waals surface area contributed by atoms with E-state index in [1.807, 2.05) is 43.3 Å². The van der Waals surface area contributed by atoms with E-state index in [1.54, 1.807) is 25.1 Å². The molecule has 12 heteroatoms. The smallest absolute Gasteiger partial charge is 0.323 e. The Hall–Kier alpha value is -4.52. The fourth-order valence-electron chi connectivity index (χ4n) is 5.28. The number of carbonyl (C=O) groups excluding carboxylic acids is 2. The molecule has 10 nitrogen and oxygen atoms in total. The maximum absolute atomic E-state index is 13.8. The first-order valence-corrected chi connectivity index (χ1v) is 15.9. The molecular weight excluding hydrogens is 599 g/mol. The maximum Gasteiger partial charge on any atom is 0.323 e. The van der Waals surface area contributed by atoms with Gasteiger partial charge >= 0.3 is 6.03 Å². The number of likely N-dealkylation sites (N-methyl/N-ethyl adjacent to an activating group) is 1. The first-order valence-electron chi connectivity index (χ1n) is 14.5. The number of hydrogen-bond acceptors (Lipinski definition) is 6. The Balaban J connectivity index is 1.41. The molecule has 1 aliphatic rings. The lowest BCUT2D eigenvalue weighted by Gasteiger charge is -2.38. The van der Waals surface area contributed by atoms with Gasteiger partial charge in [0.05, 0.1) is 35.3 Å². The van der Waals surface area contributed by atoms with Crippen LogP contribution in [0.4, 0.5) is 20.6 Å². The second kappa shape index (κ2) is 13.2. The first-order chi connectivity index (χ1) is 21.5. The number of anilines is 2. The van der Waals surface area contributed by atoms with Gasteiger partial charge in [0.2, 0.25) is 10.0 Å². The van der Waals surface area contributed by atoms with Crippen molar-refractivity contribution in [1.82, 2.24) is 9.21 Å². The molecule has 3 amide bonds. The van der Waals surface area contributed by atoms with Gasteiger partial charge in [-0.3, -0.25) is 4.79 Å². The number of urea groups is 1. The Morgan fingerprint density at radius 2 is 1.78 bits per heavy atom. The molecule has 3 atom stereocenters. The van der Waals surface area contributed by atoms with Gasteiger partial charge in [-0.2, -0.15) is 4.31 Å². The zero-order valence-corrected chi connectivity index (χ0v) is 25.9. The van der Waals surface area contributed by atoms with Crippen LogP contribution >= 0.6 is 0 Å². The van der Waals surface area contributed by atoms with Crippen LogP contribution in [0.25, 0.3) is 10.8 Å². The van der Waals surface area contributed by atoms with Crippen LogP contribution in [0, 0.1) is 11.7 Å². The lowest BCUT2D eigenvalue weighted by atomic mass is 9.99. The monoisotopic (exact) mass is 634 g/mol. The topological polar surface area (TPSA) is 128 Å². The summed E-state index contributed by atoms with van der Waals surface area (Å²) in [5.41, 5.74) is 1.11. The number of nitrogens with one attached hydrogen (secondary N) is 2. The first kappa shape index (κ1) is 31.9. The minimum Gasteiger partial charge on any atom is -0.488 e. The number of amides is 3. The van der Waals surface area contributed by atoms with Crippen molar-refractivity contribution in [1.29, 1.82) is 0 Å². The van der Waals surface area contributed by atoms with Gasteiger partial charge in [-0.15, -0.1) is 0 Å². The van der Waals surface area contributed by atoms with E-state index < -0.39 is 39.9 Å². The molecule has 3 N–H and O–H groups in total. The van der Waals surface area contributed by atoms with E-state index >= 15 is 0 Å². The summed E-state index contributed by atoms with van der Waals surface area (Å²) >= 11 is 0. The molecule has 0 saturated heterocycles. The van der Waals surface area contributed by atoms with Gasteiger partial charge in [0, 0.05) is 30.6 Å².